The van der Waals surface area contributed by atoms with Crippen LogP contribution in [0.4, 0.5) is 10.2 Å². The number of piperazine rings is 1. The lowest BCUT2D eigenvalue weighted by molar-refractivity contribution is -0.138. The van der Waals surface area contributed by atoms with Gasteiger partial charge in [-0.2, -0.15) is 0 Å². The number of halogens is 1. The van der Waals surface area contributed by atoms with Gasteiger partial charge in [-0.05, 0) is 52.9 Å². The summed E-state index contributed by atoms with van der Waals surface area (Å²) in [6.45, 7) is 3.56. The Morgan fingerprint density at radius 2 is 1.97 bits per heavy atom. The number of carbonyl (C=O) groups excluding carboxylic acids is 1. The van der Waals surface area contributed by atoms with Gasteiger partial charge in [0.05, 0.1) is 24.1 Å². The van der Waals surface area contributed by atoms with Crippen molar-refractivity contribution >= 4 is 27.1 Å². The van der Waals surface area contributed by atoms with Crippen molar-refractivity contribution in [2.75, 3.05) is 36.0 Å². The van der Waals surface area contributed by atoms with Crippen LogP contribution >= 0.6 is 0 Å². The fourth-order valence-electron chi connectivity index (χ4n) is 4.24. The van der Waals surface area contributed by atoms with Crippen molar-refractivity contribution < 1.29 is 13.4 Å². The summed E-state index contributed by atoms with van der Waals surface area (Å²) in [5.74, 6) is 5.13. The molecule has 6 nitrogen and oxygen atoms in total. The molecule has 2 aromatic rings. The summed E-state index contributed by atoms with van der Waals surface area (Å²) in [6.07, 6.45) is 4.66. The van der Waals surface area contributed by atoms with Gasteiger partial charge in [0.2, 0.25) is 5.91 Å². The third-order valence-corrected chi connectivity index (χ3v) is 7.97. The maximum atomic E-state index is 14.0. The molecule has 8 heteroatoms. The van der Waals surface area contributed by atoms with Crippen LogP contribution in [0.3, 0.4) is 0 Å². The molecular formula is C22H27FN4O2S. The van der Waals surface area contributed by atoms with E-state index in [2.05, 4.69) is 20.7 Å². The minimum Gasteiger partial charge on any atom is -0.351 e. The second kappa shape index (κ2) is 8.34. The van der Waals surface area contributed by atoms with E-state index in [4.69, 9.17) is 0 Å². The Labute approximate surface area is 177 Å². The first kappa shape index (κ1) is 20.8. The highest BCUT2D eigenvalue weighted by Gasteiger charge is 2.37. The smallest absolute Gasteiger partial charge is 0.226 e. The molecule has 2 aliphatic rings. The highest BCUT2D eigenvalue weighted by molar-refractivity contribution is 8.00. The molecule has 1 amide bonds. The predicted octanol–water partition coefficient (Wildman–Crippen LogP) is 2.44. The van der Waals surface area contributed by atoms with Crippen LogP contribution in [-0.2, 0) is 14.3 Å². The van der Waals surface area contributed by atoms with Crippen molar-refractivity contribution in [1.29, 1.82) is 0 Å². The molecule has 0 N–H and O–H groups in total. The molecule has 0 radical (unpaired) electrons. The van der Waals surface area contributed by atoms with Gasteiger partial charge in [-0.1, -0.05) is 12.1 Å². The molecule has 2 fully saturated rings. The summed E-state index contributed by atoms with van der Waals surface area (Å²) in [4.78, 5) is 26.2. The zero-order chi connectivity index (χ0) is 21.3. The number of carbonyl (C=O) groups is 1. The number of aromatic nitrogens is 2. The van der Waals surface area contributed by atoms with Crippen LogP contribution in [0.25, 0.3) is 0 Å². The lowest BCUT2D eigenvalue weighted by Crippen LogP contribution is -2.53. The zero-order valence-electron chi connectivity index (χ0n) is 17.2. The molecule has 0 spiro atoms. The predicted molar refractivity (Wildman–Crippen MR) is 118 cm³/mol. The molecule has 2 saturated heterocycles. The Kier molecular flexibility index (Phi) is 5.77. The Morgan fingerprint density at radius 1 is 1.20 bits per heavy atom. The molecule has 1 atom stereocenters. The lowest BCUT2D eigenvalue weighted by Gasteiger charge is -2.43. The fraction of sp³-hybridized carbons (Fsp3) is 0.455. The number of aryl methyl sites for hydroxylation is 1. The standard InChI is InChI=1S/C22H27FN4O2S/c1-16-13-25-21(14-24-16)26-8-9-27(20(15-26)18-4-3-5-19(23)12-18)22(28)17-6-10-30(2,29)11-7-17/h3-5,12-14,17,20H,2,6-11,15H2,1H3. The highest BCUT2D eigenvalue weighted by Crippen LogP contribution is 2.31. The van der Waals surface area contributed by atoms with E-state index < -0.39 is 9.52 Å². The molecule has 4 rings (SSSR count). The van der Waals surface area contributed by atoms with E-state index in [0.717, 1.165) is 17.1 Å². The summed E-state index contributed by atoms with van der Waals surface area (Å²) in [7, 11) is -2.04. The maximum absolute atomic E-state index is 14.0. The van der Waals surface area contributed by atoms with Crippen LogP contribution in [0.5, 0.6) is 0 Å². The zero-order valence-corrected chi connectivity index (χ0v) is 18.0. The van der Waals surface area contributed by atoms with Gasteiger partial charge < -0.3 is 9.80 Å². The van der Waals surface area contributed by atoms with E-state index in [-0.39, 0.29) is 23.7 Å². The van der Waals surface area contributed by atoms with Crippen molar-refractivity contribution in [2.24, 2.45) is 5.92 Å². The van der Waals surface area contributed by atoms with Crippen LogP contribution in [0.2, 0.25) is 0 Å². The van der Waals surface area contributed by atoms with Crippen LogP contribution in [0.15, 0.2) is 36.7 Å². The first-order valence-electron chi connectivity index (χ1n) is 10.2. The molecule has 1 aromatic carbocycles. The van der Waals surface area contributed by atoms with Gasteiger partial charge in [-0.3, -0.25) is 14.0 Å². The van der Waals surface area contributed by atoms with Crippen molar-refractivity contribution in [1.82, 2.24) is 14.9 Å². The maximum Gasteiger partial charge on any atom is 0.226 e. The summed E-state index contributed by atoms with van der Waals surface area (Å²) in [5.41, 5.74) is 1.61. The summed E-state index contributed by atoms with van der Waals surface area (Å²) >= 11 is 0. The Balaban J connectivity index is 1.59. The quantitative estimate of drug-likeness (QED) is 0.700. The molecule has 1 aromatic heterocycles. The van der Waals surface area contributed by atoms with Gasteiger partial charge in [-0.25, -0.2) is 9.37 Å². The van der Waals surface area contributed by atoms with Gasteiger partial charge in [-0.15, -0.1) is 0 Å². The molecule has 0 aliphatic carbocycles. The van der Waals surface area contributed by atoms with E-state index in [1.165, 1.54) is 12.1 Å². The number of hydrogen-bond acceptors (Lipinski definition) is 5. The molecule has 0 bridgehead atoms. The Bertz CT molecular complexity index is 1010. The first-order valence-corrected chi connectivity index (χ1v) is 12.3. The van der Waals surface area contributed by atoms with Crippen LogP contribution in [-0.4, -0.2) is 62.0 Å². The molecule has 2 aliphatic heterocycles. The summed E-state index contributed by atoms with van der Waals surface area (Å²) in [6, 6.07) is 6.17. The minimum absolute atomic E-state index is 0.0637. The van der Waals surface area contributed by atoms with Gasteiger partial charge in [0.1, 0.15) is 11.6 Å². The van der Waals surface area contributed by atoms with E-state index in [1.807, 2.05) is 17.9 Å². The third kappa shape index (κ3) is 4.48. The number of benzene rings is 1. The number of rotatable bonds is 3. The second-order valence-corrected chi connectivity index (χ2v) is 11.0. The van der Waals surface area contributed by atoms with E-state index in [1.54, 1.807) is 18.5 Å². The molecule has 1 unspecified atom stereocenters. The average Bonchev–Trinajstić information content (AvgIpc) is 2.73. The fourth-order valence-corrected chi connectivity index (χ4v) is 5.88. The number of hydrogen-bond donors (Lipinski definition) is 0. The SMILES string of the molecule is C=S1(=O)CCC(C(=O)N2CCN(c3cnc(C)cn3)CC2c2cccc(F)c2)CC1. The molecular weight excluding hydrogens is 403 g/mol. The Hall–Kier alpha value is -2.48. The van der Waals surface area contributed by atoms with E-state index in [0.29, 0.717) is 44.0 Å². The molecule has 3 heterocycles. The summed E-state index contributed by atoms with van der Waals surface area (Å²) < 4.78 is 26.2. The number of amides is 1. The van der Waals surface area contributed by atoms with E-state index in [9.17, 15) is 13.4 Å². The summed E-state index contributed by atoms with van der Waals surface area (Å²) in [5, 5.41) is 0. The third-order valence-electron chi connectivity index (χ3n) is 6.01. The molecule has 0 saturated carbocycles. The minimum atomic E-state index is -2.04. The Morgan fingerprint density at radius 3 is 2.63 bits per heavy atom. The first-order chi connectivity index (χ1) is 14.3. The van der Waals surface area contributed by atoms with Gasteiger partial charge in [0.15, 0.2) is 0 Å². The van der Waals surface area contributed by atoms with Gasteiger partial charge in [0.25, 0.3) is 0 Å². The normalized spacial score (nSPS) is 27.1. The van der Waals surface area contributed by atoms with Crippen molar-refractivity contribution in [3.8, 4) is 0 Å². The molecule has 30 heavy (non-hydrogen) atoms. The van der Waals surface area contributed by atoms with Crippen molar-refractivity contribution in [3.63, 3.8) is 0 Å². The van der Waals surface area contributed by atoms with Crippen LogP contribution < -0.4 is 4.90 Å². The number of anilines is 1. The van der Waals surface area contributed by atoms with Crippen LogP contribution in [0.1, 0.15) is 30.1 Å². The van der Waals surface area contributed by atoms with Gasteiger partial charge >= 0.3 is 0 Å². The monoisotopic (exact) mass is 430 g/mol. The topological polar surface area (TPSA) is 66.4 Å². The largest absolute Gasteiger partial charge is 0.351 e. The van der Waals surface area contributed by atoms with E-state index >= 15 is 0 Å². The number of nitrogens with zero attached hydrogens (tertiary/aromatic N) is 4. The lowest BCUT2D eigenvalue weighted by atomic mass is 9.96. The second-order valence-electron chi connectivity index (χ2n) is 8.21. The highest BCUT2D eigenvalue weighted by atomic mass is 32.2. The molecule has 160 valence electrons. The average molecular weight is 431 g/mol. The van der Waals surface area contributed by atoms with Crippen molar-refractivity contribution in [2.45, 2.75) is 25.8 Å². The van der Waals surface area contributed by atoms with Crippen LogP contribution in [0, 0.1) is 18.7 Å². The van der Waals surface area contributed by atoms with Crippen molar-refractivity contribution in [3.05, 3.63) is 53.7 Å². The van der Waals surface area contributed by atoms with Gasteiger partial charge in [0, 0.05) is 37.1 Å².